The Hall–Kier alpha value is -0.930. The second-order valence-electron chi connectivity index (χ2n) is 5.20. The Labute approximate surface area is 95.5 Å². The van der Waals surface area contributed by atoms with Crippen LogP contribution in [0.1, 0.15) is 39.5 Å². The fourth-order valence-corrected chi connectivity index (χ4v) is 2.94. The van der Waals surface area contributed by atoms with Crippen LogP contribution in [0.4, 0.5) is 4.39 Å². The fraction of sp³-hybridized carbons (Fsp3) is 0.833. The molecule has 0 aromatic carbocycles. The lowest BCUT2D eigenvalue weighted by Gasteiger charge is -2.32. The Morgan fingerprint density at radius 2 is 2.06 bits per heavy atom. The zero-order valence-electron chi connectivity index (χ0n) is 9.87. The summed E-state index contributed by atoms with van der Waals surface area (Å²) < 4.78 is 13.2. The van der Waals surface area contributed by atoms with E-state index in [4.69, 9.17) is 0 Å². The predicted molar refractivity (Wildman–Crippen MR) is 60.8 cm³/mol. The van der Waals surface area contributed by atoms with E-state index >= 15 is 0 Å². The maximum Gasteiger partial charge on any atom is 0.284 e. The van der Waals surface area contributed by atoms with Gasteiger partial charge in [-0.25, -0.2) is 4.99 Å². The number of halogens is 1. The van der Waals surface area contributed by atoms with Crippen LogP contribution in [0.5, 0.6) is 0 Å². The molecule has 1 aliphatic heterocycles. The number of carbonyl (C=O) groups excluding carboxylic acids is 1. The molecule has 0 bridgehead atoms. The van der Waals surface area contributed by atoms with Crippen LogP contribution in [-0.2, 0) is 4.79 Å². The molecule has 1 amide bonds. The van der Waals surface area contributed by atoms with E-state index in [1.807, 2.05) is 0 Å². The van der Waals surface area contributed by atoms with Crippen LogP contribution < -0.4 is 5.32 Å². The van der Waals surface area contributed by atoms with E-state index in [9.17, 15) is 9.18 Å². The van der Waals surface area contributed by atoms with Gasteiger partial charge in [0.15, 0.2) is 0 Å². The largest absolute Gasteiger partial charge is 0.286 e. The standard InChI is InChI=1S/C12H19FN2O/c1-7(2)8-5-3-4-6-9-10(8)14-12(13)15-11(9)16/h7-10H,3-6H2,1-2H3,(H,14,15,16). The highest BCUT2D eigenvalue weighted by Crippen LogP contribution is 2.36. The molecule has 1 aliphatic carbocycles. The number of fused-ring (bicyclic) bond motifs is 1. The fourth-order valence-electron chi connectivity index (χ4n) is 2.94. The van der Waals surface area contributed by atoms with Crippen molar-refractivity contribution in [2.45, 2.75) is 45.6 Å². The molecular formula is C12H19FN2O. The molecule has 1 N–H and O–H groups in total. The van der Waals surface area contributed by atoms with Gasteiger partial charge in [0, 0.05) is 0 Å². The lowest BCUT2D eigenvalue weighted by atomic mass is 9.80. The SMILES string of the molecule is CC(C)C1CCCCC2C(=O)NC(F)=NC21. The molecule has 1 saturated carbocycles. The van der Waals surface area contributed by atoms with Crippen molar-refractivity contribution in [2.75, 3.05) is 0 Å². The summed E-state index contributed by atoms with van der Waals surface area (Å²) >= 11 is 0. The van der Waals surface area contributed by atoms with Crippen molar-refractivity contribution in [3.63, 3.8) is 0 Å². The maximum atomic E-state index is 13.2. The molecule has 16 heavy (non-hydrogen) atoms. The van der Waals surface area contributed by atoms with Gasteiger partial charge in [0.1, 0.15) is 0 Å². The third-order valence-corrected chi connectivity index (χ3v) is 3.84. The van der Waals surface area contributed by atoms with Gasteiger partial charge in [-0.05, 0) is 24.7 Å². The number of nitrogens with zero attached hydrogens (tertiary/aromatic N) is 1. The number of rotatable bonds is 1. The van der Waals surface area contributed by atoms with Gasteiger partial charge in [0.25, 0.3) is 6.09 Å². The van der Waals surface area contributed by atoms with Gasteiger partial charge in [0.05, 0.1) is 12.0 Å². The van der Waals surface area contributed by atoms with Crippen molar-refractivity contribution < 1.29 is 9.18 Å². The summed E-state index contributed by atoms with van der Waals surface area (Å²) in [7, 11) is 0. The first-order valence-corrected chi connectivity index (χ1v) is 6.13. The number of amidine groups is 1. The van der Waals surface area contributed by atoms with Crippen LogP contribution in [0.2, 0.25) is 0 Å². The summed E-state index contributed by atoms with van der Waals surface area (Å²) in [6.45, 7) is 4.26. The van der Waals surface area contributed by atoms with Crippen molar-refractivity contribution >= 4 is 12.0 Å². The quantitative estimate of drug-likeness (QED) is 0.685. The summed E-state index contributed by atoms with van der Waals surface area (Å²) in [5.74, 6) is 0.497. The predicted octanol–water partition coefficient (Wildman–Crippen LogP) is 2.27. The summed E-state index contributed by atoms with van der Waals surface area (Å²) in [4.78, 5) is 15.8. The summed E-state index contributed by atoms with van der Waals surface area (Å²) in [5, 5.41) is 2.21. The monoisotopic (exact) mass is 226 g/mol. The van der Waals surface area contributed by atoms with Gasteiger partial charge < -0.3 is 0 Å². The van der Waals surface area contributed by atoms with E-state index in [-0.39, 0.29) is 17.9 Å². The van der Waals surface area contributed by atoms with Crippen LogP contribution in [0.3, 0.4) is 0 Å². The number of aliphatic imine (C=N–C) groups is 1. The number of carbonyl (C=O) groups is 1. The van der Waals surface area contributed by atoms with Gasteiger partial charge in [-0.3, -0.25) is 10.1 Å². The average molecular weight is 226 g/mol. The Morgan fingerprint density at radius 3 is 2.75 bits per heavy atom. The van der Waals surface area contributed by atoms with Crippen molar-refractivity contribution in [3.05, 3.63) is 0 Å². The molecule has 4 heteroatoms. The highest BCUT2D eigenvalue weighted by atomic mass is 19.1. The Bertz CT molecular complexity index is 314. The molecule has 0 aromatic rings. The average Bonchev–Trinajstić information content (AvgIpc) is 2.39. The lowest BCUT2D eigenvalue weighted by Crippen LogP contribution is -2.47. The molecule has 2 aliphatic rings. The molecule has 0 radical (unpaired) electrons. The van der Waals surface area contributed by atoms with Crippen molar-refractivity contribution in [1.82, 2.24) is 5.32 Å². The van der Waals surface area contributed by atoms with E-state index in [0.29, 0.717) is 11.8 Å². The molecule has 3 unspecified atom stereocenters. The van der Waals surface area contributed by atoms with E-state index < -0.39 is 6.09 Å². The van der Waals surface area contributed by atoms with Crippen LogP contribution >= 0.6 is 0 Å². The van der Waals surface area contributed by atoms with Crippen LogP contribution in [0, 0.1) is 17.8 Å². The molecule has 1 fully saturated rings. The minimum absolute atomic E-state index is 0.116. The smallest absolute Gasteiger partial charge is 0.284 e. The maximum absolute atomic E-state index is 13.2. The minimum atomic E-state index is -0.696. The zero-order valence-corrected chi connectivity index (χ0v) is 9.87. The number of hydrogen-bond donors (Lipinski definition) is 1. The van der Waals surface area contributed by atoms with Gasteiger partial charge in [-0.2, -0.15) is 4.39 Å². The normalized spacial score (nSPS) is 35.1. The van der Waals surface area contributed by atoms with E-state index in [1.165, 1.54) is 0 Å². The van der Waals surface area contributed by atoms with E-state index in [0.717, 1.165) is 25.7 Å². The second kappa shape index (κ2) is 4.52. The molecule has 1 heterocycles. The van der Waals surface area contributed by atoms with Crippen molar-refractivity contribution in [1.29, 1.82) is 0 Å². The Kier molecular flexibility index (Phi) is 3.26. The minimum Gasteiger partial charge on any atom is -0.286 e. The van der Waals surface area contributed by atoms with E-state index in [1.54, 1.807) is 0 Å². The van der Waals surface area contributed by atoms with Crippen molar-refractivity contribution in [2.24, 2.45) is 22.7 Å². The molecule has 0 saturated heterocycles. The van der Waals surface area contributed by atoms with Gasteiger partial charge in [-0.1, -0.05) is 26.7 Å². The number of nitrogens with one attached hydrogen (secondary N) is 1. The molecular weight excluding hydrogens is 207 g/mol. The zero-order chi connectivity index (χ0) is 11.7. The third kappa shape index (κ3) is 2.11. The summed E-state index contributed by atoms with van der Waals surface area (Å²) in [6, 6.07) is -0.142. The molecule has 0 spiro atoms. The first-order chi connectivity index (χ1) is 7.59. The number of hydrogen-bond acceptors (Lipinski definition) is 2. The van der Waals surface area contributed by atoms with Gasteiger partial charge in [-0.15, -0.1) is 0 Å². The van der Waals surface area contributed by atoms with Gasteiger partial charge >= 0.3 is 0 Å². The third-order valence-electron chi connectivity index (χ3n) is 3.84. The molecule has 3 atom stereocenters. The Balaban J connectivity index is 2.28. The second-order valence-corrected chi connectivity index (χ2v) is 5.20. The Morgan fingerprint density at radius 1 is 1.38 bits per heavy atom. The first-order valence-electron chi connectivity index (χ1n) is 6.13. The van der Waals surface area contributed by atoms with Gasteiger partial charge in [0.2, 0.25) is 5.91 Å². The number of amides is 1. The van der Waals surface area contributed by atoms with Crippen LogP contribution in [0.25, 0.3) is 0 Å². The molecule has 0 aromatic heterocycles. The lowest BCUT2D eigenvalue weighted by molar-refractivity contribution is -0.125. The highest BCUT2D eigenvalue weighted by molar-refractivity contribution is 5.97. The first kappa shape index (κ1) is 11.6. The summed E-state index contributed by atoms with van der Waals surface area (Å²) in [5.41, 5.74) is 0. The molecule has 3 nitrogen and oxygen atoms in total. The van der Waals surface area contributed by atoms with Crippen molar-refractivity contribution in [3.8, 4) is 0 Å². The van der Waals surface area contributed by atoms with E-state index in [2.05, 4.69) is 24.2 Å². The molecule has 2 rings (SSSR count). The van der Waals surface area contributed by atoms with Crippen LogP contribution in [0.15, 0.2) is 4.99 Å². The molecule has 90 valence electrons. The highest BCUT2D eigenvalue weighted by Gasteiger charge is 2.40. The topological polar surface area (TPSA) is 41.5 Å². The van der Waals surface area contributed by atoms with Crippen LogP contribution in [-0.4, -0.2) is 18.0 Å². The summed E-state index contributed by atoms with van der Waals surface area (Å²) in [6.07, 6.45) is 3.38.